The fraction of sp³-hybridized carbons (Fsp3) is 0.722. The first-order chi connectivity index (χ1) is 12.4. The van der Waals surface area contributed by atoms with Gasteiger partial charge in [-0.1, -0.05) is 0 Å². The normalized spacial score (nSPS) is 21.7. The van der Waals surface area contributed by atoms with Crippen molar-refractivity contribution in [2.45, 2.75) is 18.9 Å². The topological polar surface area (TPSA) is 53.2 Å². The molecule has 1 atom stereocenters. The lowest BCUT2D eigenvalue weighted by atomic mass is 10.2. The standard InChI is InChI=1S/C18H30N4O2S.HI/c1-25-14-7-20-18(19-6-4-17-3-2-11-24-17)22-8-5-16(15-22)21-9-12-23-13-10-21;/h2-3,11,16H,4-10,12-15H2,1H3,(H,19,20);1H. The number of morpholine rings is 1. The fourth-order valence-electron chi connectivity index (χ4n) is 3.44. The number of likely N-dealkylation sites (tertiary alicyclic amines) is 1. The highest BCUT2D eigenvalue weighted by Gasteiger charge is 2.30. The highest BCUT2D eigenvalue weighted by molar-refractivity contribution is 14.0. The van der Waals surface area contributed by atoms with Crippen LogP contribution in [0.15, 0.2) is 27.8 Å². The Balaban J connectivity index is 0.00000243. The number of guanidine groups is 1. The SMILES string of the molecule is CSCCN=C(NCCc1ccco1)N1CCC(N2CCOCC2)C1.I. The molecule has 26 heavy (non-hydrogen) atoms. The molecule has 1 aromatic rings. The van der Waals surface area contributed by atoms with Crippen LogP contribution >= 0.6 is 35.7 Å². The first-order valence-corrected chi connectivity index (χ1v) is 10.6. The minimum atomic E-state index is 0. The number of furan rings is 1. The molecule has 3 heterocycles. The molecule has 2 fully saturated rings. The van der Waals surface area contributed by atoms with E-state index in [1.165, 1.54) is 6.42 Å². The Bertz CT molecular complexity index is 523. The van der Waals surface area contributed by atoms with E-state index in [0.29, 0.717) is 6.04 Å². The van der Waals surface area contributed by atoms with Gasteiger partial charge in [-0.2, -0.15) is 11.8 Å². The second-order valence-corrected chi connectivity index (χ2v) is 7.48. The van der Waals surface area contributed by atoms with Gasteiger partial charge >= 0.3 is 0 Å². The van der Waals surface area contributed by atoms with E-state index >= 15 is 0 Å². The molecule has 0 amide bonds. The molecule has 0 bridgehead atoms. The van der Waals surface area contributed by atoms with Crippen LogP contribution < -0.4 is 5.32 Å². The summed E-state index contributed by atoms with van der Waals surface area (Å²) in [5.41, 5.74) is 0. The summed E-state index contributed by atoms with van der Waals surface area (Å²) in [6.07, 6.45) is 5.96. The summed E-state index contributed by atoms with van der Waals surface area (Å²) < 4.78 is 10.9. The van der Waals surface area contributed by atoms with Crippen LogP contribution in [0.3, 0.4) is 0 Å². The Hall–Kier alpha value is -0.450. The quantitative estimate of drug-likeness (QED) is 0.272. The summed E-state index contributed by atoms with van der Waals surface area (Å²) in [5, 5.41) is 3.55. The predicted octanol–water partition coefficient (Wildman–Crippen LogP) is 2.16. The Kier molecular flexibility index (Phi) is 10.2. The number of rotatable bonds is 7. The van der Waals surface area contributed by atoms with E-state index in [1.54, 1.807) is 6.26 Å². The van der Waals surface area contributed by atoms with Gasteiger partial charge in [-0.15, -0.1) is 24.0 Å². The van der Waals surface area contributed by atoms with E-state index in [9.17, 15) is 0 Å². The van der Waals surface area contributed by atoms with Crippen molar-refractivity contribution in [2.24, 2.45) is 4.99 Å². The average molecular weight is 494 g/mol. The third kappa shape index (κ3) is 6.61. The van der Waals surface area contributed by atoms with Crippen molar-refractivity contribution in [2.75, 3.05) is 64.5 Å². The van der Waals surface area contributed by atoms with Gasteiger partial charge in [0.05, 0.1) is 26.0 Å². The Morgan fingerprint density at radius 2 is 2.19 bits per heavy atom. The smallest absolute Gasteiger partial charge is 0.194 e. The molecule has 148 valence electrons. The molecule has 6 nitrogen and oxygen atoms in total. The molecule has 2 aliphatic heterocycles. The van der Waals surface area contributed by atoms with Gasteiger partial charge in [-0.05, 0) is 24.8 Å². The van der Waals surface area contributed by atoms with Crippen molar-refractivity contribution in [3.8, 4) is 0 Å². The molecule has 3 rings (SSSR count). The van der Waals surface area contributed by atoms with Gasteiger partial charge in [0, 0.05) is 50.9 Å². The van der Waals surface area contributed by atoms with Crippen LogP contribution in [0, 0.1) is 0 Å². The minimum Gasteiger partial charge on any atom is -0.469 e. The molecule has 0 aliphatic carbocycles. The monoisotopic (exact) mass is 494 g/mol. The first-order valence-electron chi connectivity index (χ1n) is 9.23. The zero-order valence-corrected chi connectivity index (χ0v) is 18.7. The number of thioether (sulfide) groups is 1. The molecule has 1 aromatic heterocycles. The van der Waals surface area contributed by atoms with Gasteiger partial charge in [-0.3, -0.25) is 9.89 Å². The fourth-order valence-corrected chi connectivity index (χ4v) is 3.71. The second-order valence-electron chi connectivity index (χ2n) is 6.49. The number of ether oxygens (including phenoxy) is 1. The summed E-state index contributed by atoms with van der Waals surface area (Å²) in [4.78, 5) is 9.83. The van der Waals surface area contributed by atoms with Crippen LogP contribution in [0.25, 0.3) is 0 Å². The number of hydrogen-bond acceptors (Lipinski definition) is 5. The van der Waals surface area contributed by atoms with Crippen LogP contribution in [-0.2, 0) is 11.2 Å². The van der Waals surface area contributed by atoms with Crippen molar-refractivity contribution in [1.82, 2.24) is 15.1 Å². The van der Waals surface area contributed by atoms with Gasteiger partial charge in [0.15, 0.2) is 5.96 Å². The van der Waals surface area contributed by atoms with Crippen LogP contribution in [0.2, 0.25) is 0 Å². The molecule has 2 aliphatic rings. The highest BCUT2D eigenvalue weighted by Crippen LogP contribution is 2.17. The van der Waals surface area contributed by atoms with E-state index in [1.807, 2.05) is 23.9 Å². The maximum atomic E-state index is 5.48. The molecule has 1 N–H and O–H groups in total. The van der Waals surface area contributed by atoms with Gasteiger partial charge in [0.1, 0.15) is 5.76 Å². The van der Waals surface area contributed by atoms with Crippen LogP contribution in [0.1, 0.15) is 12.2 Å². The van der Waals surface area contributed by atoms with Crippen molar-refractivity contribution in [3.05, 3.63) is 24.2 Å². The average Bonchev–Trinajstić information content (AvgIpc) is 3.33. The van der Waals surface area contributed by atoms with Crippen molar-refractivity contribution in [3.63, 3.8) is 0 Å². The molecule has 0 aromatic carbocycles. The molecule has 1 unspecified atom stereocenters. The number of nitrogens with zero attached hydrogens (tertiary/aromatic N) is 3. The second kappa shape index (κ2) is 12.1. The number of nitrogens with one attached hydrogen (secondary N) is 1. The number of aliphatic imine (C=N–C) groups is 1. The Morgan fingerprint density at radius 3 is 2.92 bits per heavy atom. The molecular weight excluding hydrogens is 463 g/mol. The predicted molar refractivity (Wildman–Crippen MR) is 119 cm³/mol. The third-order valence-corrected chi connectivity index (χ3v) is 5.41. The Labute approximate surface area is 178 Å². The molecule has 0 radical (unpaired) electrons. The molecule has 0 spiro atoms. The lowest BCUT2D eigenvalue weighted by molar-refractivity contribution is 0.0195. The molecule has 8 heteroatoms. The van der Waals surface area contributed by atoms with Crippen LogP contribution in [0.5, 0.6) is 0 Å². The Morgan fingerprint density at radius 1 is 1.35 bits per heavy atom. The maximum absolute atomic E-state index is 5.48. The summed E-state index contributed by atoms with van der Waals surface area (Å²) >= 11 is 1.84. The first kappa shape index (κ1) is 21.8. The zero-order chi connectivity index (χ0) is 17.3. The third-order valence-electron chi connectivity index (χ3n) is 4.82. The van der Waals surface area contributed by atoms with E-state index in [0.717, 1.165) is 76.4 Å². The van der Waals surface area contributed by atoms with E-state index < -0.39 is 0 Å². The molecule has 0 saturated carbocycles. The van der Waals surface area contributed by atoms with E-state index in [2.05, 4.69) is 21.4 Å². The number of halogens is 1. The lowest BCUT2D eigenvalue weighted by Gasteiger charge is -2.32. The van der Waals surface area contributed by atoms with Gasteiger partial charge < -0.3 is 19.4 Å². The van der Waals surface area contributed by atoms with E-state index in [4.69, 9.17) is 14.1 Å². The lowest BCUT2D eigenvalue weighted by Crippen LogP contribution is -2.47. The highest BCUT2D eigenvalue weighted by atomic mass is 127. The largest absolute Gasteiger partial charge is 0.469 e. The van der Waals surface area contributed by atoms with Gasteiger partial charge in [-0.25, -0.2) is 0 Å². The maximum Gasteiger partial charge on any atom is 0.194 e. The molecular formula is C18H31IN4O2S. The molecule has 2 saturated heterocycles. The minimum absolute atomic E-state index is 0. The summed E-state index contributed by atoms with van der Waals surface area (Å²) in [5.74, 6) is 3.13. The van der Waals surface area contributed by atoms with Gasteiger partial charge in [0.25, 0.3) is 0 Å². The van der Waals surface area contributed by atoms with Crippen LogP contribution in [0.4, 0.5) is 0 Å². The summed E-state index contributed by atoms with van der Waals surface area (Å²) in [6, 6.07) is 4.59. The van der Waals surface area contributed by atoms with Crippen LogP contribution in [-0.4, -0.2) is 86.3 Å². The van der Waals surface area contributed by atoms with Crippen molar-refractivity contribution < 1.29 is 9.15 Å². The van der Waals surface area contributed by atoms with Gasteiger partial charge in [0.2, 0.25) is 0 Å². The summed E-state index contributed by atoms with van der Waals surface area (Å²) in [7, 11) is 0. The van der Waals surface area contributed by atoms with Crippen molar-refractivity contribution in [1.29, 1.82) is 0 Å². The number of hydrogen-bond donors (Lipinski definition) is 1. The summed E-state index contributed by atoms with van der Waals surface area (Å²) in [6.45, 7) is 7.71. The zero-order valence-electron chi connectivity index (χ0n) is 15.6. The van der Waals surface area contributed by atoms with E-state index in [-0.39, 0.29) is 24.0 Å². The van der Waals surface area contributed by atoms with Crippen molar-refractivity contribution >= 4 is 41.7 Å².